The van der Waals surface area contributed by atoms with Crippen LogP contribution in [0.25, 0.3) is 0 Å². The molecule has 0 aliphatic carbocycles. The highest BCUT2D eigenvalue weighted by Gasteiger charge is 2.04. The number of hydrogen-bond donors (Lipinski definition) is 2. The van der Waals surface area contributed by atoms with E-state index in [-0.39, 0.29) is 12.4 Å². The number of ether oxygens (including phenoxy) is 1. The second kappa shape index (κ2) is 18.8. The van der Waals surface area contributed by atoms with E-state index in [4.69, 9.17) is 9.84 Å². The molecule has 0 amide bonds. The maximum Gasteiger partial charge on any atom is 0.161 e. The van der Waals surface area contributed by atoms with E-state index in [0.29, 0.717) is 18.8 Å². The van der Waals surface area contributed by atoms with Crippen LogP contribution in [0.5, 0.6) is 11.5 Å². The fourth-order valence-electron chi connectivity index (χ4n) is 3.79. The van der Waals surface area contributed by atoms with Crippen molar-refractivity contribution in [1.82, 2.24) is 0 Å². The Morgan fingerprint density at radius 1 is 0.690 bits per heavy atom. The summed E-state index contributed by atoms with van der Waals surface area (Å²) >= 11 is 0. The normalized spacial score (nSPS) is 11.1. The van der Waals surface area contributed by atoms with Crippen molar-refractivity contribution in [3.8, 4) is 11.5 Å². The molecule has 0 radical (unpaired) electrons. The van der Waals surface area contributed by atoms with Crippen molar-refractivity contribution in [2.24, 2.45) is 0 Å². The predicted molar refractivity (Wildman–Crippen MR) is 124 cm³/mol. The molecule has 29 heavy (non-hydrogen) atoms. The zero-order chi connectivity index (χ0) is 21.0. The first-order valence-electron chi connectivity index (χ1n) is 12.3. The molecule has 0 saturated carbocycles. The Morgan fingerprint density at radius 3 is 1.66 bits per heavy atom. The van der Waals surface area contributed by atoms with Gasteiger partial charge in [0.15, 0.2) is 11.5 Å². The van der Waals surface area contributed by atoms with E-state index in [0.717, 1.165) is 12.0 Å². The van der Waals surface area contributed by atoms with Crippen molar-refractivity contribution < 1.29 is 14.9 Å². The number of aliphatic hydroxyl groups is 1. The predicted octanol–water partition coefficient (Wildman–Crippen LogP) is 7.57. The molecular weight excluding hydrogens is 360 g/mol. The summed E-state index contributed by atoms with van der Waals surface area (Å²) in [7, 11) is 0. The van der Waals surface area contributed by atoms with Gasteiger partial charge in [-0.1, -0.05) is 109 Å². The fourth-order valence-corrected chi connectivity index (χ4v) is 3.79. The van der Waals surface area contributed by atoms with Crippen LogP contribution < -0.4 is 4.74 Å². The van der Waals surface area contributed by atoms with E-state index in [2.05, 4.69) is 6.92 Å². The molecule has 0 atom stereocenters. The smallest absolute Gasteiger partial charge is 0.161 e. The number of unbranched alkanes of at least 4 members (excludes halogenated alkanes) is 15. The molecule has 3 nitrogen and oxygen atoms in total. The zero-order valence-corrected chi connectivity index (χ0v) is 19.0. The third kappa shape index (κ3) is 14.4. The lowest BCUT2D eigenvalue weighted by molar-refractivity contribution is 0.286. The Hall–Kier alpha value is -1.22. The van der Waals surface area contributed by atoms with Gasteiger partial charge in [0.05, 0.1) is 6.61 Å². The van der Waals surface area contributed by atoms with Crippen LogP contribution in [0.15, 0.2) is 18.2 Å². The molecule has 0 aliphatic heterocycles. The Labute approximate surface area is 179 Å². The van der Waals surface area contributed by atoms with Gasteiger partial charge in [0.2, 0.25) is 0 Å². The Morgan fingerprint density at radius 2 is 1.17 bits per heavy atom. The number of rotatable bonds is 20. The minimum atomic E-state index is 0.114. The number of benzene rings is 1. The molecule has 0 heterocycles. The summed E-state index contributed by atoms with van der Waals surface area (Å²) in [6.45, 7) is 3.04. The number of phenolic OH excluding ortho intramolecular Hbond substituents is 1. The number of aromatic hydroxyl groups is 1. The van der Waals surface area contributed by atoms with Crippen LogP contribution in [0, 0.1) is 0 Å². The number of phenols is 1. The maximum absolute atomic E-state index is 9.85. The molecule has 0 spiro atoms. The summed E-state index contributed by atoms with van der Waals surface area (Å²) in [6.07, 6.45) is 22.4. The van der Waals surface area contributed by atoms with Crippen molar-refractivity contribution in [3.63, 3.8) is 0 Å². The third-order valence-electron chi connectivity index (χ3n) is 5.68. The fraction of sp³-hybridized carbons (Fsp3) is 0.769. The standard InChI is InChI=1S/C26H46O3/c1-2-3-4-5-6-7-8-9-10-11-12-13-14-15-16-17-22-29-26-23-24(20-21-27)18-19-25(26)28/h18-19,23,27-28H,2-17,20-22H2,1H3. The lowest BCUT2D eigenvalue weighted by atomic mass is 10.0. The van der Waals surface area contributed by atoms with E-state index < -0.39 is 0 Å². The van der Waals surface area contributed by atoms with Gasteiger partial charge >= 0.3 is 0 Å². The van der Waals surface area contributed by atoms with Crippen molar-refractivity contribution >= 4 is 0 Å². The Bertz CT molecular complexity index is 487. The van der Waals surface area contributed by atoms with E-state index in [9.17, 15) is 5.11 Å². The molecule has 0 unspecified atom stereocenters. The van der Waals surface area contributed by atoms with E-state index in [1.807, 2.05) is 12.1 Å². The first-order valence-corrected chi connectivity index (χ1v) is 12.3. The Kier molecular flexibility index (Phi) is 16.7. The summed E-state index contributed by atoms with van der Waals surface area (Å²) in [4.78, 5) is 0. The highest BCUT2D eigenvalue weighted by molar-refractivity contribution is 5.41. The van der Waals surface area contributed by atoms with Gasteiger partial charge in [-0.15, -0.1) is 0 Å². The molecule has 0 aromatic heterocycles. The molecule has 0 saturated heterocycles. The van der Waals surface area contributed by atoms with Crippen LogP contribution in [-0.2, 0) is 6.42 Å². The summed E-state index contributed by atoms with van der Waals surface area (Å²) in [5.74, 6) is 0.722. The molecule has 3 heteroatoms. The van der Waals surface area contributed by atoms with Gasteiger partial charge in [-0.3, -0.25) is 0 Å². The molecule has 0 bridgehead atoms. The molecule has 0 fully saturated rings. The van der Waals surface area contributed by atoms with Gasteiger partial charge in [0.1, 0.15) is 0 Å². The molecular formula is C26H46O3. The van der Waals surface area contributed by atoms with Crippen molar-refractivity contribution in [2.75, 3.05) is 13.2 Å². The van der Waals surface area contributed by atoms with Crippen LogP contribution in [0.2, 0.25) is 0 Å². The topological polar surface area (TPSA) is 49.7 Å². The highest BCUT2D eigenvalue weighted by atomic mass is 16.5. The van der Waals surface area contributed by atoms with Gasteiger partial charge in [-0.2, -0.15) is 0 Å². The van der Waals surface area contributed by atoms with Crippen LogP contribution in [0.3, 0.4) is 0 Å². The van der Waals surface area contributed by atoms with Gasteiger partial charge in [0.25, 0.3) is 0 Å². The monoisotopic (exact) mass is 406 g/mol. The van der Waals surface area contributed by atoms with Gasteiger partial charge in [0, 0.05) is 6.61 Å². The average Bonchev–Trinajstić information content (AvgIpc) is 2.72. The molecule has 0 aliphatic rings. The Balaban J connectivity index is 1.85. The SMILES string of the molecule is CCCCCCCCCCCCCCCCCCOc1cc(CCO)ccc1O. The highest BCUT2D eigenvalue weighted by Crippen LogP contribution is 2.27. The number of aliphatic hydroxyl groups excluding tert-OH is 1. The summed E-state index contributed by atoms with van der Waals surface area (Å²) in [5, 5.41) is 18.9. The lowest BCUT2D eigenvalue weighted by Gasteiger charge is -2.09. The second-order valence-electron chi connectivity index (χ2n) is 8.43. The third-order valence-corrected chi connectivity index (χ3v) is 5.68. The largest absolute Gasteiger partial charge is 0.504 e. The molecule has 2 N–H and O–H groups in total. The summed E-state index contributed by atoms with van der Waals surface area (Å²) in [6, 6.07) is 5.30. The van der Waals surface area contributed by atoms with Gasteiger partial charge in [-0.25, -0.2) is 0 Å². The van der Waals surface area contributed by atoms with E-state index in [1.165, 1.54) is 96.3 Å². The quantitative estimate of drug-likeness (QED) is 0.220. The van der Waals surface area contributed by atoms with Crippen molar-refractivity contribution in [2.45, 2.75) is 116 Å². The van der Waals surface area contributed by atoms with Crippen molar-refractivity contribution in [1.29, 1.82) is 0 Å². The second-order valence-corrected chi connectivity index (χ2v) is 8.43. The summed E-state index contributed by atoms with van der Waals surface area (Å²) in [5.41, 5.74) is 0.993. The van der Waals surface area contributed by atoms with E-state index >= 15 is 0 Å². The van der Waals surface area contributed by atoms with Crippen molar-refractivity contribution in [3.05, 3.63) is 23.8 Å². The van der Waals surface area contributed by atoms with Crippen LogP contribution >= 0.6 is 0 Å². The maximum atomic E-state index is 9.85. The average molecular weight is 407 g/mol. The van der Waals surface area contributed by atoms with Gasteiger partial charge in [-0.05, 0) is 30.5 Å². The van der Waals surface area contributed by atoms with Crippen LogP contribution in [-0.4, -0.2) is 23.4 Å². The van der Waals surface area contributed by atoms with Gasteiger partial charge < -0.3 is 14.9 Å². The molecule has 1 rings (SSSR count). The zero-order valence-electron chi connectivity index (χ0n) is 19.0. The molecule has 168 valence electrons. The first-order chi connectivity index (χ1) is 14.3. The summed E-state index contributed by atoms with van der Waals surface area (Å²) < 4.78 is 5.71. The number of hydrogen-bond acceptors (Lipinski definition) is 3. The van der Waals surface area contributed by atoms with E-state index in [1.54, 1.807) is 6.07 Å². The minimum Gasteiger partial charge on any atom is -0.504 e. The lowest BCUT2D eigenvalue weighted by Crippen LogP contribution is -1.99. The molecule has 1 aromatic rings. The van der Waals surface area contributed by atoms with Crippen LogP contribution in [0.4, 0.5) is 0 Å². The first kappa shape index (κ1) is 25.8. The molecule has 1 aromatic carbocycles. The minimum absolute atomic E-state index is 0.114. The van der Waals surface area contributed by atoms with Crippen LogP contribution in [0.1, 0.15) is 115 Å².